The molecule has 2 unspecified atom stereocenters. The molecule has 2 atom stereocenters. The van der Waals surface area contributed by atoms with Gasteiger partial charge in [0.25, 0.3) is 0 Å². The number of aryl methyl sites for hydroxylation is 2. The van der Waals surface area contributed by atoms with Gasteiger partial charge in [-0.1, -0.05) is 54.2 Å². The third-order valence-corrected chi connectivity index (χ3v) is 8.17. The Bertz CT molecular complexity index is 1380. The van der Waals surface area contributed by atoms with Crippen molar-refractivity contribution in [3.05, 3.63) is 77.2 Å². The molecule has 36 heavy (non-hydrogen) atoms. The zero-order chi connectivity index (χ0) is 25.7. The molecule has 1 aromatic carbocycles. The maximum absolute atomic E-state index is 14.2. The summed E-state index contributed by atoms with van der Waals surface area (Å²) in [6.07, 6.45) is 5.97. The lowest BCUT2D eigenvalue weighted by Gasteiger charge is -2.20. The first-order valence-electron chi connectivity index (χ1n) is 12.1. The molecular weight excluding hydrogens is 483 g/mol. The summed E-state index contributed by atoms with van der Waals surface area (Å²) >= 11 is 1.23. The number of fused-ring (bicyclic) bond motifs is 3. The Hall–Kier alpha value is -2.97. The minimum Gasteiger partial charge on any atom is -0.352 e. The predicted molar refractivity (Wildman–Crippen MR) is 138 cm³/mol. The van der Waals surface area contributed by atoms with Crippen LogP contribution < -0.4 is 5.73 Å². The van der Waals surface area contributed by atoms with Crippen molar-refractivity contribution in [1.82, 2.24) is 10.1 Å². The van der Waals surface area contributed by atoms with Gasteiger partial charge in [0.15, 0.2) is 5.01 Å². The molecule has 0 bridgehead atoms. The summed E-state index contributed by atoms with van der Waals surface area (Å²) in [7, 11) is 0. The van der Waals surface area contributed by atoms with Gasteiger partial charge in [0.2, 0.25) is 5.76 Å². The van der Waals surface area contributed by atoms with Crippen LogP contribution in [0.2, 0.25) is 0 Å². The lowest BCUT2D eigenvalue weighted by molar-refractivity contribution is -0.137. The third kappa shape index (κ3) is 4.48. The molecular formula is C28H28F3N3OS. The molecule has 2 aromatic heterocycles. The van der Waals surface area contributed by atoms with E-state index in [2.05, 4.69) is 41.8 Å². The van der Waals surface area contributed by atoms with E-state index in [-0.39, 0.29) is 27.6 Å². The molecule has 2 aliphatic rings. The molecule has 2 N–H and O–H groups in total. The van der Waals surface area contributed by atoms with Crippen LogP contribution >= 0.6 is 11.3 Å². The summed E-state index contributed by atoms with van der Waals surface area (Å²) in [6.45, 7) is 7.44. The molecule has 1 fully saturated rings. The lowest BCUT2D eigenvalue weighted by Crippen LogP contribution is -2.32. The maximum Gasteiger partial charge on any atom is 0.422 e. The Morgan fingerprint density at radius 3 is 2.78 bits per heavy atom. The number of alkyl halides is 3. The van der Waals surface area contributed by atoms with Gasteiger partial charge in [-0.2, -0.15) is 13.2 Å². The van der Waals surface area contributed by atoms with E-state index >= 15 is 0 Å². The molecule has 4 nitrogen and oxygen atoms in total. The van der Waals surface area contributed by atoms with E-state index in [9.17, 15) is 13.2 Å². The third-order valence-electron chi connectivity index (χ3n) is 7.04. The fourth-order valence-corrected chi connectivity index (χ4v) is 6.51. The first kappa shape index (κ1) is 24.7. The summed E-state index contributed by atoms with van der Waals surface area (Å²) in [5.74, 6) is 0.100. The van der Waals surface area contributed by atoms with E-state index in [0.717, 1.165) is 41.8 Å². The van der Waals surface area contributed by atoms with Crippen molar-refractivity contribution in [1.29, 1.82) is 0 Å². The normalized spacial score (nSPS) is 22.2. The molecule has 8 heteroatoms. The second-order valence-electron chi connectivity index (χ2n) is 9.90. The van der Waals surface area contributed by atoms with Crippen LogP contribution in [0.1, 0.15) is 67.1 Å². The highest BCUT2D eigenvalue weighted by Gasteiger charge is 2.42. The lowest BCUT2D eigenvalue weighted by atomic mass is 9.87. The minimum atomic E-state index is -4.66. The van der Waals surface area contributed by atoms with Crippen LogP contribution in [0.5, 0.6) is 0 Å². The van der Waals surface area contributed by atoms with Gasteiger partial charge < -0.3 is 10.3 Å². The van der Waals surface area contributed by atoms with Crippen molar-refractivity contribution >= 4 is 16.9 Å². The van der Waals surface area contributed by atoms with Crippen molar-refractivity contribution < 1.29 is 17.7 Å². The largest absolute Gasteiger partial charge is 0.422 e. The molecule has 0 radical (unpaired) electrons. The second kappa shape index (κ2) is 9.16. The Labute approximate surface area is 212 Å². The summed E-state index contributed by atoms with van der Waals surface area (Å²) in [5.41, 5.74) is 9.65. The Balaban J connectivity index is 1.55. The van der Waals surface area contributed by atoms with Crippen LogP contribution in [0.3, 0.4) is 0 Å². The molecule has 3 aromatic rings. The quantitative estimate of drug-likeness (QED) is 0.356. The van der Waals surface area contributed by atoms with Crippen LogP contribution in [-0.2, 0) is 19.0 Å². The highest BCUT2D eigenvalue weighted by atomic mass is 32.1. The number of hydrogen-bond acceptors (Lipinski definition) is 5. The SMILES string of the molecule is C=C/C=C(\C=C/C)c1noc(-c2nc3c(s2)-c2ccc(C4CCC(C)(N)C4)cc2CC3)c1C(F)(F)F. The molecule has 5 rings (SSSR count). The highest BCUT2D eigenvalue weighted by Crippen LogP contribution is 2.47. The van der Waals surface area contributed by atoms with E-state index in [1.54, 1.807) is 19.1 Å². The molecule has 2 heterocycles. The van der Waals surface area contributed by atoms with Crippen LogP contribution in [0.4, 0.5) is 13.2 Å². The highest BCUT2D eigenvalue weighted by molar-refractivity contribution is 7.18. The average Bonchev–Trinajstić information content (AvgIpc) is 3.54. The summed E-state index contributed by atoms with van der Waals surface area (Å²) in [5, 5.41) is 4.00. The van der Waals surface area contributed by atoms with Crippen molar-refractivity contribution in [2.75, 3.05) is 0 Å². The number of rotatable bonds is 5. The van der Waals surface area contributed by atoms with Crippen molar-refractivity contribution in [3.63, 3.8) is 0 Å². The van der Waals surface area contributed by atoms with Crippen molar-refractivity contribution in [2.45, 2.75) is 63.6 Å². The van der Waals surface area contributed by atoms with Crippen LogP contribution in [0, 0.1) is 0 Å². The summed E-state index contributed by atoms with van der Waals surface area (Å²) < 4.78 is 48.0. The van der Waals surface area contributed by atoms with Crippen molar-refractivity contribution in [3.8, 4) is 21.2 Å². The fraction of sp³-hybridized carbons (Fsp3) is 0.357. The molecule has 2 aliphatic carbocycles. The zero-order valence-electron chi connectivity index (χ0n) is 20.3. The number of benzene rings is 1. The van der Waals surface area contributed by atoms with Crippen LogP contribution in [0.15, 0.2) is 53.6 Å². The summed E-state index contributed by atoms with van der Waals surface area (Å²) in [4.78, 5) is 5.49. The topological polar surface area (TPSA) is 64.9 Å². The van der Waals surface area contributed by atoms with E-state index in [0.29, 0.717) is 12.3 Å². The fourth-order valence-electron chi connectivity index (χ4n) is 5.35. The van der Waals surface area contributed by atoms with Gasteiger partial charge in [0.05, 0.1) is 10.6 Å². The number of aromatic nitrogens is 2. The predicted octanol–water partition coefficient (Wildman–Crippen LogP) is 7.71. The minimum absolute atomic E-state index is 0.125. The van der Waals surface area contributed by atoms with Gasteiger partial charge in [-0.05, 0) is 68.6 Å². The van der Waals surface area contributed by atoms with Gasteiger partial charge in [0.1, 0.15) is 11.3 Å². The number of thiazole rings is 1. The van der Waals surface area contributed by atoms with Crippen LogP contribution in [0.25, 0.3) is 26.8 Å². The molecule has 0 aliphatic heterocycles. The smallest absolute Gasteiger partial charge is 0.352 e. The van der Waals surface area contributed by atoms with Gasteiger partial charge in [0, 0.05) is 11.1 Å². The molecule has 1 saturated carbocycles. The number of allylic oxidation sites excluding steroid dienone is 5. The van der Waals surface area contributed by atoms with Gasteiger partial charge >= 0.3 is 6.18 Å². The first-order chi connectivity index (χ1) is 17.1. The van der Waals surface area contributed by atoms with Gasteiger partial charge in [-0.25, -0.2) is 4.98 Å². The van der Waals surface area contributed by atoms with E-state index in [1.165, 1.54) is 34.6 Å². The van der Waals surface area contributed by atoms with Crippen LogP contribution in [-0.4, -0.2) is 15.7 Å². The Morgan fingerprint density at radius 2 is 2.11 bits per heavy atom. The second-order valence-corrected chi connectivity index (χ2v) is 10.9. The zero-order valence-corrected chi connectivity index (χ0v) is 21.1. The molecule has 0 saturated heterocycles. The van der Waals surface area contributed by atoms with E-state index in [1.807, 2.05) is 0 Å². The molecule has 188 valence electrons. The standard InChI is InChI=1S/C28H28F3N3OS/c1-4-6-16(7-5-2)23-22(28(29,30)31)24(35-34-23)26-33-21-11-9-18-14-17(8-10-20(18)25(21)36-26)19-12-13-27(3,32)15-19/h4-8,10,14,19H,1,9,11-13,15,32H2,2-3H3/b7-5-,16-6+. The van der Waals surface area contributed by atoms with Gasteiger partial charge in [-0.3, -0.25) is 0 Å². The average molecular weight is 512 g/mol. The molecule has 0 amide bonds. The van der Waals surface area contributed by atoms with E-state index in [4.69, 9.17) is 10.3 Å². The maximum atomic E-state index is 14.2. The van der Waals surface area contributed by atoms with Gasteiger partial charge in [-0.15, -0.1) is 11.3 Å². The number of halogens is 3. The first-order valence-corrected chi connectivity index (χ1v) is 12.9. The van der Waals surface area contributed by atoms with E-state index < -0.39 is 11.7 Å². The summed E-state index contributed by atoms with van der Waals surface area (Å²) in [6, 6.07) is 6.47. The molecule has 0 spiro atoms. The van der Waals surface area contributed by atoms with Crippen molar-refractivity contribution in [2.24, 2.45) is 5.73 Å². The Kier molecular flexibility index (Phi) is 6.29. The number of hydrogen-bond donors (Lipinski definition) is 1. The monoisotopic (exact) mass is 511 g/mol. The number of nitrogens with zero attached hydrogens (tertiary/aromatic N) is 2. The number of nitrogens with two attached hydrogens (primary N) is 1. The Morgan fingerprint density at radius 1 is 1.31 bits per heavy atom.